The molecule has 0 aromatic carbocycles. The standard InChI is InChI=1S/C21H37NO/c1-4-13-6-8-17-16-7-5-14-11-15(22)12-19(23)21(14,3)18(16)9-10-20(13,17)2/h13-19,23H,4-12,22H2,1-3H3/t13-,14-,15-,16-,17-,18-,19+,20+,21-/m0/s1. The SMILES string of the molecule is CC[C@H]1CC[C@H]2[C@@H]3CC[C@H]4C[C@H](N)C[C@@H](O)[C@]4(C)[C@H]3CC[C@]12C. The summed E-state index contributed by atoms with van der Waals surface area (Å²) in [5.41, 5.74) is 6.98. The van der Waals surface area contributed by atoms with Gasteiger partial charge in [0.15, 0.2) is 0 Å². The Labute approximate surface area is 142 Å². The molecule has 0 unspecified atom stereocenters. The maximum Gasteiger partial charge on any atom is 0.0613 e. The summed E-state index contributed by atoms with van der Waals surface area (Å²) in [5, 5.41) is 11.0. The molecule has 4 aliphatic rings. The quantitative estimate of drug-likeness (QED) is 0.754. The van der Waals surface area contributed by atoms with Crippen LogP contribution in [0.15, 0.2) is 0 Å². The Balaban J connectivity index is 1.64. The molecule has 132 valence electrons. The smallest absolute Gasteiger partial charge is 0.0613 e. The van der Waals surface area contributed by atoms with Crippen molar-refractivity contribution in [3.05, 3.63) is 0 Å². The predicted octanol–water partition coefficient (Wildman–Crippen LogP) is 4.35. The summed E-state index contributed by atoms with van der Waals surface area (Å²) >= 11 is 0. The van der Waals surface area contributed by atoms with Crippen LogP contribution in [0.3, 0.4) is 0 Å². The average molecular weight is 320 g/mol. The van der Waals surface area contributed by atoms with Crippen molar-refractivity contribution in [3.8, 4) is 0 Å². The number of rotatable bonds is 1. The van der Waals surface area contributed by atoms with Gasteiger partial charge in [0.05, 0.1) is 6.10 Å². The molecule has 0 heterocycles. The highest BCUT2D eigenvalue weighted by Gasteiger charge is 2.61. The second-order valence-electron chi connectivity index (χ2n) is 9.99. The Morgan fingerprint density at radius 2 is 1.78 bits per heavy atom. The van der Waals surface area contributed by atoms with E-state index < -0.39 is 0 Å². The fourth-order valence-corrected chi connectivity index (χ4v) is 8.14. The summed E-state index contributed by atoms with van der Waals surface area (Å²) in [5.74, 6) is 4.15. The van der Waals surface area contributed by atoms with Gasteiger partial charge in [-0.25, -0.2) is 0 Å². The molecular weight excluding hydrogens is 282 g/mol. The van der Waals surface area contributed by atoms with Crippen LogP contribution in [0.5, 0.6) is 0 Å². The van der Waals surface area contributed by atoms with Crippen LogP contribution in [-0.2, 0) is 0 Å². The van der Waals surface area contributed by atoms with Gasteiger partial charge in [-0.2, -0.15) is 0 Å². The van der Waals surface area contributed by atoms with Crippen molar-refractivity contribution in [3.63, 3.8) is 0 Å². The zero-order valence-electron chi connectivity index (χ0n) is 15.4. The van der Waals surface area contributed by atoms with E-state index in [0.717, 1.165) is 36.5 Å². The third-order valence-corrected chi connectivity index (χ3v) is 9.48. The molecule has 4 aliphatic carbocycles. The summed E-state index contributed by atoms with van der Waals surface area (Å²) in [7, 11) is 0. The predicted molar refractivity (Wildman–Crippen MR) is 94.9 cm³/mol. The first-order valence-corrected chi connectivity index (χ1v) is 10.3. The number of aliphatic hydroxyl groups is 1. The fraction of sp³-hybridized carbons (Fsp3) is 1.00. The van der Waals surface area contributed by atoms with Crippen molar-refractivity contribution in [2.45, 2.75) is 90.7 Å². The third-order valence-electron chi connectivity index (χ3n) is 9.48. The highest BCUT2D eigenvalue weighted by Crippen LogP contribution is 2.67. The van der Waals surface area contributed by atoms with Gasteiger partial charge < -0.3 is 10.8 Å². The second kappa shape index (κ2) is 5.46. The van der Waals surface area contributed by atoms with Gasteiger partial charge in [0.1, 0.15) is 0 Å². The number of aliphatic hydroxyl groups excluding tert-OH is 1. The maximum absolute atomic E-state index is 11.0. The maximum atomic E-state index is 11.0. The van der Waals surface area contributed by atoms with Crippen LogP contribution in [0.25, 0.3) is 0 Å². The Morgan fingerprint density at radius 1 is 1.00 bits per heavy atom. The van der Waals surface area contributed by atoms with E-state index in [4.69, 9.17) is 5.73 Å². The first kappa shape index (κ1) is 16.4. The van der Waals surface area contributed by atoms with Crippen molar-refractivity contribution in [1.29, 1.82) is 0 Å². The van der Waals surface area contributed by atoms with Gasteiger partial charge in [0, 0.05) is 6.04 Å². The highest BCUT2D eigenvalue weighted by atomic mass is 16.3. The molecule has 2 heteroatoms. The van der Waals surface area contributed by atoms with E-state index in [2.05, 4.69) is 20.8 Å². The zero-order valence-corrected chi connectivity index (χ0v) is 15.4. The normalized spacial score (nSPS) is 59.1. The minimum absolute atomic E-state index is 0.143. The monoisotopic (exact) mass is 319 g/mol. The van der Waals surface area contributed by atoms with E-state index >= 15 is 0 Å². The Morgan fingerprint density at radius 3 is 2.52 bits per heavy atom. The minimum atomic E-state index is -0.170. The van der Waals surface area contributed by atoms with E-state index in [0.29, 0.717) is 11.3 Å². The van der Waals surface area contributed by atoms with E-state index in [1.165, 1.54) is 44.9 Å². The van der Waals surface area contributed by atoms with Crippen LogP contribution < -0.4 is 5.73 Å². The van der Waals surface area contributed by atoms with Gasteiger partial charge in [-0.15, -0.1) is 0 Å². The largest absolute Gasteiger partial charge is 0.392 e. The van der Waals surface area contributed by atoms with Crippen LogP contribution in [0.4, 0.5) is 0 Å². The molecule has 0 spiro atoms. The average Bonchev–Trinajstić information content (AvgIpc) is 2.85. The van der Waals surface area contributed by atoms with Gasteiger partial charge in [-0.3, -0.25) is 0 Å². The summed E-state index contributed by atoms with van der Waals surface area (Å²) < 4.78 is 0. The molecule has 0 bridgehead atoms. The molecule has 23 heavy (non-hydrogen) atoms. The molecule has 4 saturated carbocycles. The van der Waals surface area contributed by atoms with Gasteiger partial charge in [-0.05, 0) is 91.8 Å². The van der Waals surface area contributed by atoms with E-state index in [1.807, 2.05) is 0 Å². The van der Waals surface area contributed by atoms with Gasteiger partial charge in [0.25, 0.3) is 0 Å². The van der Waals surface area contributed by atoms with Gasteiger partial charge in [-0.1, -0.05) is 27.2 Å². The lowest BCUT2D eigenvalue weighted by molar-refractivity contribution is -0.165. The molecule has 9 atom stereocenters. The van der Waals surface area contributed by atoms with Gasteiger partial charge >= 0.3 is 0 Å². The third kappa shape index (κ3) is 2.13. The van der Waals surface area contributed by atoms with Crippen LogP contribution in [-0.4, -0.2) is 17.3 Å². The van der Waals surface area contributed by atoms with Crippen molar-refractivity contribution < 1.29 is 5.11 Å². The van der Waals surface area contributed by atoms with Crippen LogP contribution in [0, 0.1) is 40.4 Å². The van der Waals surface area contributed by atoms with Crippen LogP contribution in [0.2, 0.25) is 0 Å². The van der Waals surface area contributed by atoms with Crippen LogP contribution in [0.1, 0.15) is 78.6 Å². The molecule has 3 N–H and O–H groups in total. The topological polar surface area (TPSA) is 46.2 Å². The number of hydrogen-bond donors (Lipinski definition) is 2. The first-order chi connectivity index (χ1) is 10.9. The lowest BCUT2D eigenvalue weighted by Gasteiger charge is -2.62. The van der Waals surface area contributed by atoms with Crippen molar-refractivity contribution in [2.24, 2.45) is 46.2 Å². The van der Waals surface area contributed by atoms with Crippen molar-refractivity contribution in [2.75, 3.05) is 0 Å². The Bertz CT molecular complexity index is 465. The summed E-state index contributed by atoms with van der Waals surface area (Å²) in [4.78, 5) is 0. The number of nitrogens with two attached hydrogens (primary N) is 1. The Hall–Kier alpha value is -0.0800. The zero-order chi connectivity index (χ0) is 16.4. The lowest BCUT2D eigenvalue weighted by Crippen LogP contribution is -2.60. The second-order valence-corrected chi connectivity index (χ2v) is 9.99. The minimum Gasteiger partial charge on any atom is -0.392 e. The molecule has 0 amide bonds. The molecule has 0 aliphatic heterocycles. The highest BCUT2D eigenvalue weighted by molar-refractivity contribution is 5.11. The number of hydrogen-bond acceptors (Lipinski definition) is 2. The lowest BCUT2D eigenvalue weighted by atomic mass is 9.44. The molecule has 0 saturated heterocycles. The molecule has 0 radical (unpaired) electrons. The van der Waals surface area contributed by atoms with E-state index in [9.17, 15) is 5.11 Å². The molecule has 2 nitrogen and oxygen atoms in total. The fourth-order valence-electron chi connectivity index (χ4n) is 8.14. The summed E-state index contributed by atoms with van der Waals surface area (Å²) in [6.07, 6.45) is 11.5. The molecule has 4 rings (SSSR count). The molecule has 4 fully saturated rings. The Kier molecular flexibility index (Phi) is 3.89. The van der Waals surface area contributed by atoms with E-state index in [1.54, 1.807) is 0 Å². The van der Waals surface area contributed by atoms with Crippen molar-refractivity contribution in [1.82, 2.24) is 0 Å². The van der Waals surface area contributed by atoms with Gasteiger partial charge in [0.2, 0.25) is 0 Å². The van der Waals surface area contributed by atoms with Crippen molar-refractivity contribution >= 4 is 0 Å². The molecule has 0 aromatic rings. The first-order valence-electron chi connectivity index (χ1n) is 10.3. The van der Waals surface area contributed by atoms with E-state index in [-0.39, 0.29) is 17.6 Å². The molecular formula is C21H37NO. The number of fused-ring (bicyclic) bond motifs is 5. The summed E-state index contributed by atoms with van der Waals surface area (Å²) in [6.45, 7) is 7.44. The van der Waals surface area contributed by atoms with Crippen LogP contribution >= 0.6 is 0 Å². The molecule has 0 aromatic heterocycles. The summed E-state index contributed by atoms with van der Waals surface area (Å²) in [6, 6.07) is 0.226.